The Morgan fingerprint density at radius 3 is 0.781 bits per heavy atom. The molecule has 0 rings (SSSR count). The van der Waals surface area contributed by atoms with Crippen LogP contribution in [0.25, 0.3) is 0 Å². The molecule has 64 heavy (non-hydrogen) atoms. The zero-order chi connectivity index (χ0) is 46.5. The van der Waals surface area contributed by atoms with Crippen LogP contribution in [0, 0.1) is 0 Å². The molecule has 0 N–H and O–H groups in total. The predicted octanol–water partition coefficient (Wildman–Crippen LogP) is 18.9. The minimum absolute atomic E-state index is 0.0674. The summed E-state index contributed by atoms with van der Waals surface area (Å²) in [6.07, 6.45) is 60.5. The van der Waals surface area contributed by atoms with Crippen molar-refractivity contribution >= 4 is 17.9 Å². The van der Waals surface area contributed by atoms with E-state index in [0.29, 0.717) is 19.3 Å². The summed E-state index contributed by atoms with van der Waals surface area (Å²) in [5.74, 6) is -0.852. The highest BCUT2D eigenvalue weighted by atomic mass is 16.6. The maximum absolute atomic E-state index is 12.8. The van der Waals surface area contributed by atoms with E-state index in [1.54, 1.807) is 0 Å². The quantitative estimate of drug-likeness (QED) is 0.0262. The molecular formula is C58H110O6. The van der Waals surface area contributed by atoms with Gasteiger partial charge in [-0.15, -0.1) is 0 Å². The van der Waals surface area contributed by atoms with Crippen LogP contribution in [0.4, 0.5) is 0 Å². The predicted molar refractivity (Wildman–Crippen MR) is 275 cm³/mol. The van der Waals surface area contributed by atoms with Crippen LogP contribution in [0.3, 0.4) is 0 Å². The van der Waals surface area contributed by atoms with Gasteiger partial charge in [-0.1, -0.05) is 270 Å². The van der Waals surface area contributed by atoms with Crippen LogP contribution in [-0.2, 0) is 28.6 Å². The lowest BCUT2D eigenvalue weighted by molar-refractivity contribution is -0.167. The van der Waals surface area contributed by atoms with Gasteiger partial charge >= 0.3 is 17.9 Å². The van der Waals surface area contributed by atoms with Crippen LogP contribution in [0.5, 0.6) is 0 Å². The van der Waals surface area contributed by atoms with E-state index < -0.39 is 6.10 Å². The highest BCUT2D eigenvalue weighted by molar-refractivity contribution is 5.71. The molecule has 6 heteroatoms. The summed E-state index contributed by atoms with van der Waals surface area (Å²) in [5, 5.41) is 0. The van der Waals surface area contributed by atoms with Crippen LogP contribution in [0.2, 0.25) is 0 Å². The third-order valence-electron chi connectivity index (χ3n) is 13.0. The SMILES string of the molecule is CCCCCCCC/C=C\CCCCCCCC(=O)OC(COC(=O)CCCCCCCCCCCCCCCC)COC(=O)CCCCCCCCCCCCCCCCCCC. The zero-order valence-corrected chi connectivity index (χ0v) is 43.3. The Labute approximate surface area is 399 Å². The Balaban J connectivity index is 4.32. The van der Waals surface area contributed by atoms with E-state index in [2.05, 4.69) is 32.9 Å². The average molecular weight is 904 g/mol. The van der Waals surface area contributed by atoms with E-state index in [1.165, 1.54) is 218 Å². The smallest absolute Gasteiger partial charge is 0.306 e. The fraction of sp³-hybridized carbons (Fsp3) is 0.914. The van der Waals surface area contributed by atoms with Crippen LogP contribution >= 0.6 is 0 Å². The minimum atomic E-state index is -0.768. The van der Waals surface area contributed by atoms with Crippen molar-refractivity contribution in [3.05, 3.63) is 12.2 Å². The maximum atomic E-state index is 12.8. The van der Waals surface area contributed by atoms with E-state index in [1.807, 2.05) is 0 Å². The fourth-order valence-corrected chi connectivity index (χ4v) is 8.68. The molecule has 1 atom stereocenters. The molecule has 1 unspecified atom stereocenters. The summed E-state index contributed by atoms with van der Waals surface area (Å²) >= 11 is 0. The van der Waals surface area contributed by atoms with Crippen LogP contribution in [0.15, 0.2) is 12.2 Å². The van der Waals surface area contributed by atoms with Crippen LogP contribution in [0.1, 0.15) is 323 Å². The van der Waals surface area contributed by atoms with Gasteiger partial charge in [-0.05, 0) is 44.9 Å². The molecule has 378 valence electrons. The number of hydrogen-bond acceptors (Lipinski definition) is 6. The van der Waals surface area contributed by atoms with Crippen molar-refractivity contribution in [3.63, 3.8) is 0 Å². The van der Waals surface area contributed by atoms with Gasteiger partial charge in [0.25, 0.3) is 0 Å². The monoisotopic (exact) mass is 903 g/mol. The van der Waals surface area contributed by atoms with Gasteiger partial charge in [-0.2, -0.15) is 0 Å². The number of ether oxygens (including phenoxy) is 3. The third kappa shape index (κ3) is 51.1. The summed E-state index contributed by atoms with van der Waals surface area (Å²) < 4.78 is 16.9. The van der Waals surface area contributed by atoms with Gasteiger partial charge < -0.3 is 14.2 Å². The van der Waals surface area contributed by atoms with Gasteiger partial charge in [0.05, 0.1) is 0 Å². The highest BCUT2D eigenvalue weighted by Gasteiger charge is 2.19. The second-order valence-electron chi connectivity index (χ2n) is 19.6. The molecule has 0 bridgehead atoms. The first-order valence-electron chi connectivity index (χ1n) is 28.7. The van der Waals surface area contributed by atoms with Gasteiger partial charge in [0.2, 0.25) is 0 Å². The Morgan fingerprint density at radius 1 is 0.297 bits per heavy atom. The summed E-state index contributed by atoms with van der Waals surface area (Å²) in [6, 6.07) is 0. The molecule has 0 aliphatic carbocycles. The maximum Gasteiger partial charge on any atom is 0.306 e. The van der Waals surface area contributed by atoms with Crippen molar-refractivity contribution in [1.29, 1.82) is 0 Å². The standard InChI is InChI=1S/C58H110O6/c1-4-7-10-13-16-19-22-25-28-29-31-33-36-39-42-45-48-51-57(60)63-54-55(53-62-56(59)50-47-44-41-38-35-32-27-24-21-18-15-12-9-6-3)64-58(61)52-49-46-43-40-37-34-30-26-23-20-17-14-11-8-5-2/h26,30,55H,4-25,27-29,31-54H2,1-3H3/b30-26-. The fourth-order valence-electron chi connectivity index (χ4n) is 8.68. The largest absolute Gasteiger partial charge is 0.462 e. The van der Waals surface area contributed by atoms with E-state index >= 15 is 0 Å². The van der Waals surface area contributed by atoms with Crippen LogP contribution in [-0.4, -0.2) is 37.2 Å². The number of rotatable bonds is 53. The molecule has 0 aliphatic rings. The summed E-state index contributed by atoms with van der Waals surface area (Å²) in [4.78, 5) is 38.1. The van der Waals surface area contributed by atoms with Gasteiger partial charge in [-0.3, -0.25) is 14.4 Å². The molecule has 0 aromatic heterocycles. The minimum Gasteiger partial charge on any atom is -0.462 e. The number of carbonyl (C=O) groups is 3. The molecule has 0 spiro atoms. The summed E-state index contributed by atoms with van der Waals surface area (Å²) in [5.41, 5.74) is 0. The first-order valence-corrected chi connectivity index (χ1v) is 28.7. The number of unbranched alkanes of at least 4 members (excludes halogenated alkanes) is 40. The van der Waals surface area contributed by atoms with Gasteiger partial charge in [0.15, 0.2) is 6.10 Å². The van der Waals surface area contributed by atoms with Crippen molar-refractivity contribution in [3.8, 4) is 0 Å². The van der Waals surface area contributed by atoms with Crippen molar-refractivity contribution in [2.45, 2.75) is 329 Å². The van der Waals surface area contributed by atoms with Crippen LogP contribution < -0.4 is 0 Å². The lowest BCUT2D eigenvalue weighted by atomic mass is 10.0. The van der Waals surface area contributed by atoms with Crippen molar-refractivity contribution in [1.82, 2.24) is 0 Å². The topological polar surface area (TPSA) is 78.9 Å². The first-order chi connectivity index (χ1) is 31.5. The van der Waals surface area contributed by atoms with E-state index in [-0.39, 0.29) is 31.1 Å². The second kappa shape index (κ2) is 53.8. The molecule has 6 nitrogen and oxygen atoms in total. The molecule has 0 saturated heterocycles. The second-order valence-corrected chi connectivity index (χ2v) is 19.6. The molecule has 0 heterocycles. The summed E-state index contributed by atoms with van der Waals surface area (Å²) in [6.45, 7) is 6.68. The molecule has 0 fully saturated rings. The molecule has 0 aliphatic heterocycles. The number of esters is 3. The van der Waals surface area contributed by atoms with E-state index in [9.17, 15) is 14.4 Å². The Bertz CT molecular complexity index is 993. The van der Waals surface area contributed by atoms with Crippen molar-refractivity contribution in [2.24, 2.45) is 0 Å². The normalized spacial score (nSPS) is 12.0. The van der Waals surface area contributed by atoms with Gasteiger partial charge in [0, 0.05) is 19.3 Å². The van der Waals surface area contributed by atoms with Gasteiger partial charge in [-0.25, -0.2) is 0 Å². The molecule has 0 amide bonds. The molecule has 0 saturated carbocycles. The number of allylic oxidation sites excluding steroid dienone is 2. The Morgan fingerprint density at radius 2 is 0.516 bits per heavy atom. The van der Waals surface area contributed by atoms with Crippen molar-refractivity contribution in [2.75, 3.05) is 13.2 Å². The molecule has 0 aromatic rings. The number of hydrogen-bond donors (Lipinski definition) is 0. The average Bonchev–Trinajstić information content (AvgIpc) is 3.29. The van der Waals surface area contributed by atoms with E-state index in [4.69, 9.17) is 14.2 Å². The molecule has 0 aromatic carbocycles. The third-order valence-corrected chi connectivity index (χ3v) is 13.0. The zero-order valence-electron chi connectivity index (χ0n) is 43.3. The summed E-state index contributed by atoms with van der Waals surface area (Å²) in [7, 11) is 0. The Hall–Kier alpha value is -1.85. The number of carbonyl (C=O) groups excluding carboxylic acids is 3. The Kier molecular flexibility index (Phi) is 52.2. The first kappa shape index (κ1) is 62.1. The highest BCUT2D eigenvalue weighted by Crippen LogP contribution is 2.17. The molecule has 0 radical (unpaired) electrons. The molecular weight excluding hydrogens is 793 g/mol. The van der Waals surface area contributed by atoms with Crippen molar-refractivity contribution < 1.29 is 28.6 Å². The lowest BCUT2D eigenvalue weighted by Crippen LogP contribution is -2.30. The lowest BCUT2D eigenvalue weighted by Gasteiger charge is -2.18. The van der Waals surface area contributed by atoms with Gasteiger partial charge in [0.1, 0.15) is 13.2 Å². The van der Waals surface area contributed by atoms with E-state index in [0.717, 1.165) is 64.2 Å².